The molecule has 2 rings (SSSR count). The first-order valence-corrected chi connectivity index (χ1v) is 6.64. The quantitative estimate of drug-likeness (QED) is 0.830. The SMILES string of the molecule is CC(=O)c1ccc(NC(C)C(O)c2ccc(F)cc2)nc1. The van der Waals surface area contributed by atoms with Crippen molar-refractivity contribution in [1.82, 2.24) is 4.98 Å². The maximum Gasteiger partial charge on any atom is 0.161 e. The Balaban J connectivity index is 2.04. The van der Waals surface area contributed by atoms with Crippen LogP contribution in [0.5, 0.6) is 0 Å². The lowest BCUT2D eigenvalue weighted by atomic mass is 10.0. The summed E-state index contributed by atoms with van der Waals surface area (Å²) in [6, 6.07) is 8.76. The maximum atomic E-state index is 12.9. The zero-order valence-corrected chi connectivity index (χ0v) is 11.9. The minimum Gasteiger partial charge on any atom is -0.386 e. The molecular weight excluding hydrogens is 271 g/mol. The second kappa shape index (κ2) is 6.45. The lowest BCUT2D eigenvalue weighted by molar-refractivity contribution is 0.101. The highest BCUT2D eigenvalue weighted by Crippen LogP contribution is 2.20. The molecule has 0 aliphatic heterocycles. The largest absolute Gasteiger partial charge is 0.386 e. The number of halogens is 1. The number of ketones is 1. The lowest BCUT2D eigenvalue weighted by Gasteiger charge is -2.21. The molecule has 0 aliphatic rings. The summed E-state index contributed by atoms with van der Waals surface area (Å²) in [4.78, 5) is 15.3. The van der Waals surface area contributed by atoms with E-state index < -0.39 is 6.10 Å². The van der Waals surface area contributed by atoms with Gasteiger partial charge in [0.2, 0.25) is 0 Å². The van der Waals surface area contributed by atoms with Crippen LogP contribution < -0.4 is 5.32 Å². The highest BCUT2D eigenvalue weighted by molar-refractivity contribution is 5.93. The van der Waals surface area contributed by atoms with E-state index in [-0.39, 0.29) is 17.6 Å². The van der Waals surface area contributed by atoms with E-state index in [9.17, 15) is 14.3 Å². The third-order valence-corrected chi connectivity index (χ3v) is 3.23. The molecule has 0 bridgehead atoms. The fraction of sp³-hybridized carbons (Fsp3) is 0.250. The molecule has 110 valence electrons. The maximum absolute atomic E-state index is 12.9. The van der Waals surface area contributed by atoms with Crippen molar-refractivity contribution in [2.45, 2.75) is 26.0 Å². The molecule has 0 aliphatic carbocycles. The van der Waals surface area contributed by atoms with Gasteiger partial charge >= 0.3 is 0 Å². The second-order valence-electron chi connectivity index (χ2n) is 4.92. The Kier molecular flexibility index (Phi) is 4.65. The highest BCUT2D eigenvalue weighted by Gasteiger charge is 2.16. The first-order valence-electron chi connectivity index (χ1n) is 6.64. The molecule has 5 heteroatoms. The zero-order chi connectivity index (χ0) is 15.4. The number of carbonyl (C=O) groups is 1. The summed E-state index contributed by atoms with van der Waals surface area (Å²) < 4.78 is 12.9. The number of nitrogens with one attached hydrogen (secondary N) is 1. The Hall–Kier alpha value is -2.27. The summed E-state index contributed by atoms with van der Waals surface area (Å²) in [6.07, 6.45) is 0.696. The number of hydrogen-bond donors (Lipinski definition) is 2. The number of rotatable bonds is 5. The van der Waals surface area contributed by atoms with Crippen molar-refractivity contribution in [3.05, 3.63) is 59.5 Å². The summed E-state index contributed by atoms with van der Waals surface area (Å²) in [5.41, 5.74) is 1.16. The number of aliphatic hydroxyl groups excluding tert-OH is 1. The fourth-order valence-electron chi connectivity index (χ4n) is 1.95. The molecule has 1 aromatic heterocycles. The molecule has 4 nitrogen and oxygen atoms in total. The first kappa shape index (κ1) is 15.1. The average molecular weight is 288 g/mol. The minimum absolute atomic E-state index is 0.0477. The Bertz CT molecular complexity index is 611. The summed E-state index contributed by atoms with van der Waals surface area (Å²) in [5.74, 6) is 0.176. The molecule has 2 unspecified atom stereocenters. The molecule has 21 heavy (non-hydrogen) atoms. The molecular formula is C16H17FN2O2. The van der Waals surface area contributed by atoms with Gasteiger partial charge in [-0.3, -0.25) is 4.79 Å². The van der Waals surface area contributed by atoms with Crippen LogP contribution in [0.2, 0.25) is 0 Å². The number of aromatic nitrogens is 1. The summed E-state index contributed by atoms with van der Waals surface area (Å²) in [7, 11) is 0. The Morgan fingerprint density at radius 2 is 1.90 bits per heavy atom. The van der Waals surface area contributed by atoms with Gasteiger partial charge in [0.15, 0.2) is 5.78 Å². The average Bonchev–Trinajstić information content (AvgIpc) is 2.47. The number of anilines is 1. The van der Waals surface area contributed by atoms with E-state index in [1.807, 2.05) is 0 Å². The van der Waals surface area contributed by atoms with E-state index in [1.54, 1.807) is 31.2 Å². The molecule has 2 aromatic rings. The van der Waals surface area contributed by atoms with Crippen LogP contribution in [-0.4, -0.2) is 21.9 Å². The van der Waals surface area contributed by atoms with Gasteiger partial charge < -0.3 is 10.4 Å². The predicted octanol–water partition coefficient (Wildman–Crippen LogP) is 2.96. The third-order valence-electron chi connectivity index (χ3n) is 3.23. The first-order chi connectivity index (χ1) is 9.97. The summed E-state index contributed by atoms with van der Waals surface area (Å²) in [5, 5.41) is 13.3. The van der Waals surface area contributed by atoms with E-state index in [2.05, 4.69) is 10.3 Å². The van der Waals surface area contributed by atoms with Crippen LogP contribution in [-0.2, 0) is 0 Å². The lowest BCUT2D eigenvalue weighted by Crippen LogP contribution is -2.24. The van der Waals surface area contributed by atoms with Crippen molar-refractivity contribution in [2.75, 3.05) is 5.32 Å². The smallest absolute Gasteiger partial charge is 0.161 e. The predicted molar refractivity (Wildman–Crippen MR) is 78.7 cm³/mol. The molecule has 0 fully saturated rings. The summed E-state index contributed by atoms with van der Waals surface area (Å²) in [6.45, 7) is 3.28. The van der Waals surface area contributed by atoms with Gasteiger partial charge in [-0.1, -0.05) is 12.1 Å². The van der Waals surface area contributed by atoms with Gasteiger partial charge in [-0.15, -0.1) is 0 Å². The number of nitrogens with zero attached hydrogens (tertiary/aromatic N) is 1. The highest BCUT2D eigenvalue weighted by atomic mass is 19.1. The Morgan fingerprint density at radius 3 is 2.43 bits per heavy atom. The van der Waals surface area contributed by atoms with Crippen molar-refractivity contribution < 1.29 is 14.3 Å². The van der Waals surface area contributed by atoms with E-state index in [4.69, 9.17) is 0 Å². The molecule has 0 radical (unpaired) electrons. The van der Waals surface area contributed by atoms with Gasteiger partial charge in [0.05, 0.1) is 12.1 Å². The van der Waals surface area contributed by atoms with Crippen LogP contribution in [0.4, 0.5) is 10.2 Å². The number of benzene rings is 1. The number of pyridine rings is 1. The number of hydrogen-bond acceptors (Lipinski definition) is 4. The van der Waals surface area contributed by atoms with Crippen molar-refractivity contribution in [1.29, 1.82) is 0 Å². The Labute approximate surface area is 122 Å². The van der Waals surface area contributed by atoms with Crippen molar-refractivity contribution in [2.24, 2.45) is 0 Å². The molecule has 1 aromatic carbocycles. The van der Waals surface area contributed by atoms with Gasteiger partial charge in [0.1, 0.15) is 11.6 Å². The number of Topliss-reactive ketones (excluding diaryl/α,β-unsaturated/α-hetero) is 1. The van der Waals surface area contributed by atoms with Gasteiger partial charge in [-0.25, -0.2) is 9.37 Å². The van der Waals surface area contributed by atoms with Gasteiger partial charge in [-0.05, 0) is 43.7 Å². The van der Waals surface area contributed by atoms with Crippen LogP contribution >= 0.6 is 0 Å². The fourth-order valence-corrected chi connectivity index (χ4v) is 1.95. The standard InChI is InChI=1S/C16H17FN2O2/c1-10(16(21)12-3-6-14(17)7-4-12)19-15-8-5-13(9-18-15)11(2)20/h3-10,16,21H,1-2H3,(H,18,19). The molecule has 1 heterocycles. The normalized spacial score (nSPS) is 13.5. The van der Waals surface area contributed by atoms with Crippen molar-refractivity contribution in [3.8, 4) is 0 Å². The second-order valence-corrected chi connectivity index (χ2v) is 4.92. The van der Waals surface area contributed by atoms with E-state index in [0.29, 0.717) is 16.9 Å². The van der Waals surface area contributed by atoms with E-state index >= 15 is 0 Å². The van der Waals surface area contributed by atoms with Crippen LogP contribution in [0.3, 0.4) is 0 Å². The van der Waals surface area contributed by atoms with Gasteiger partial charge in [-0.2, -0.15) is 0 Å². The van der Waals surface area contributed by atoms with Crippen LogP contribution in [0.15, 0.2) is 42.6 Å². The molecule has 2 atom stereocenters. The van der Waals surface area contributed by atoms with Crippen molar-refractivity contribution in [3.63, 3.8) is 0 Å². The minimum atomic E-state index is -0.792. The van der Waals surface area contributed by atoms with Crippen molar-refractivity contribution >= 4 is 11.6 Å². The van der Waals surface area contributed by atoms with E-state index in [1.165, 1.54) is 25.3 Å². The van der Waals surface area contributed by atoms with Gasteiger partial charge in [0.25, 0.3) is 0 Å². The van der Waals surface area contributed by atoms with E-state index in [0.717, 1.165) is 0 Å². The van der Waals surface area contributed by atoms with Gasteiger partial charge in [0, 0.05) is 11.8 Å². The van der Waals surface area contributed by atoms with Crippen LogP contribution in [0.1, 0.15) is 35.9 Å². The van der Waals surface area contributed by atoms with Crippen LogP contribution in [0, 0.1) is 5.82 Å². The van der Waals surface area contributed by atoms with Crippen LogP contribution in [0.25, 0.3) is 0 Å². The topological polar surface area (TPSA) is 62.2 Å². The molecule has 0 amide bonds. The zero-order valence-electron chi connectivity index (χ0n) is 11.9. The third kappa shape index (κ3) is 3.86. The summed E-state index contributed by atoms with van der Waals surface area (Å²) >= 11 is 0. The molecule has 0 spiro atoms. The molecule has 0 saturated heterocycles. The molecule has 2 N–H and O–H groups in total. The number of carbonyl (C=O) groups excluding carboxylic acids is 1. The Morgan fingerprint density at radius 1 is 1.24 bits per heavy atom. The number of aliphatic hydroxyl groups is 1. The monoisotopic (exact) mass is 288 g/mol. The molecule has 0 saturated carbocycles.